The Hall–Kier alpha value is -0.706. The number of carboxylic acids is 4. The van der Waals surface area contributed by atoms with Crippen LogP contribution in [0.1, 0.15) is 0 Å². The molecular weight excluding hydrogens is 358 g/mol. The van der Waals surface area contributed by atoms with E-state index in [2.05, 4.69) is 0 Å². The standard InChI is InChI=1S/C10H16N2O8.Na.Ni.H/c13-7(14)3-11(4-8(15)16)1-2-12(5-9(17)18)6-10(19)20;;;/h1-6H2,(H,13,14)(H,15,16)(H,17,18)(H,19,20);;;. The first-order chi connectivity index (χ1) is 9.20. The smallest absolute Gasteiger partial charge is 0 e. The molecule has 12 heteroatoms. The van der Waals surface area contributed by atoms with Crippen molar-refractivity contribution in [2.24, 2.45) is 0 Å². The fourth-order valence-corrected chi connectivity index (χ4v) is 1.48. The number of nitrogens with zero attached hydrogens (tertiary/aromatic N) is 2. The molecule has 0 spiro atoms. The van der Waals surface area contributed by atoms with E-state index in [-0.39, 0.29) is 59.1 Å². The molecule has 126 valence electrons. The van der Waals surface area contributed by atoms with Crippen molar-refractivity contribution in [2.75, 3.05) is 39.3 Å². The Morgan fingerprint density at radius 2 is 0.773 bits per heavy atom. The van der Waals surface area contributed by atoms with Crippen molar-refractivity contribution < 1.29 is 56.1 Å². The van der Waals surface area contributed by atoms with Gasteiger partial charge in [0, 0.05) is 29.6 Å². The summed E-state index contributed by atoms with van der Waals surface area (Å²) in [5.41, 5.74) is 0. The van der Waals surface area contributed by atoms with Crippen molar-refractivity contribution in [1.82, 2.24) is 9.80 Å². The molecule has 0 atom stereocenters. The number of aliphatic carboxylic acids is 4. The van der Waals surface area contributed by atoms with Gasteiger partial charge in [-0.05, 0) is 0 Å². The van der Waals surface area contributed by atoms with E-state index >= 15 is 0 Å². The largest absolute Gasteiger partial charge is 0 e. The van der Waals surface area contributed by atoms with Crippen LogP contribution in [-0.4, -0.2) is 123 Å². The van der Waals surface area contributed by atoms with Crippen LogP contribution in [0.15, 0.2) is 0 Å². The molecule has 0 saturated carbocycles. The summed E-state index contributed by atoms with van der Waals surface area (Å²) in [5, 5.41) is 34.5. The number of rotatable bonds is 11. The molecule has 0 saturated heterocycles. The first-order valence-electron chi connectivity index (χ1n) is 5.52. The van der Waals surface area contributed by atoms with Gasteiger partial charge in [-0.25, -0.2) is 0 Å². The van der Waals surface area contributed by atoms with E-state index in [1.165, 1.54) is 0 Å². The van der Waals surface area contributed by atoms with Crippen molar-refractivity contribution in [2.45, 2.75) is 0 Å². The Morgan fingerprint density at radius 3 is 0.909 bits per heavy atom. The van der Waals surface area contributed by atoms with Crippen molar-refractivity contribution in [3.8, 4) is 0 Å². The van der Waals surface area contributed by atoms with Crippen molar-refractivity contribution in [1.29, 1.82) is 0 Å². The molecule has 0 aliphatic carbocycles. The van der Waals surface area contributed by atoms with Gasteiger partial charge in [0.1, 0.15) is 0 Å². The molecule has 0 aromatic rings. The third-order valence-corrected chi connectivity index (χ3v) is 2.17. The quantitative estimate of drug-likeness (QED) is 0.280. The number of carbonyl (C=O) groups is 4. The maximum atomic E-state index is 10.6. The third kappa shape index (κ3) is 15.7. The van der Waals surface area contributed by atoms with Gasteiger partial charge in [0.15, 0.2) is 0 Å². The van der Waals surface area contributed by atoms with Crippen LogP contribution in [-0.2, 0) is 35.7 Å². The van der Waals surface area contributed by atoms with E-state index in [0.29, 0.717) is 0 Å². The topological polar surface area (TPSA) is 156 Å². The minimum atomic E-state index is -1.23. The molecule has 10 nitrogen and oxygen atoms in total. The minimum absolute atomic E-state index is 0. The summed E-state index contributed by atoms with van der Waals surface area (Å²) in [6.45, 7) is -2.25. The summed E-state index contributed by atoms with van der Waals surface area (Å²) in [4.78, 5) is 44.4. The van der Waals surface area contributed by atoms with Crippen LogP contribution < -0.4 is 0 Å². The van der Waals surface area contributed by atoms with Gasteiger partial charge in [-0.2, -0.15) is 0 Å². The van der Waals surface area contributed by atoms with Gasteiger partial charge in [0.2, 0.25) is 0 Å². The molecule has 0 amide bonds. The van der Waals surface area contributed by atoms with Crippen LogP contribution in [0.25, 0.3) is 0 Å². The number of hydrogen-bond acceptors (Lipinski definition) is 6. The fourth-order valence-electron chi connectivity index (χ4n) is 1.48. The van der Waals surface area contributed by atoms with Crippen LogP contribution in [0.4, 0.5) is 0 Å². The molecule has 0 fully saturated rings. The fraction of sp³-hybridized carbons (Fsp3) is 0.600. The molecule has 0 aromatic carbocycles. The van der Waals surface area contributed by atoms with Gasteiger partial charge in [-0.1, -0.05) is 0 Å². The maximum Gasteiger partial charge on any atom is 0 e. The Morgan fingerprint density at radius 1 is 0.591 bits per heavy atom. The Bertz CT molecular complexity index is 327. The zero-order chi connectivity index (χ0) is 15.7. The Kier molecular flexibility index (Phi) is 16.6. The third-order valence-electron chi connectivity index (χ3n) is 2.17. The van der Waals surface area contributed by atoms with Crippen molar-refractivity contribution in [3.05, 3.63) is 0 Å². The molecule has 22 heavy (non-hydrogen) atoms. The second-order valence-electron chi connectivity index (χ2n) is 4.00. The number of hydrogen-bond donors (Lipinski definition) is 4. The van der Waals surface area contributed by atoms with Gasteiger partial charge in [-0.15, -0.1) is 0 Å². The van der Waals surface area contributed by atoms with Gasteiger partial charge in [0.25, 0.3) is 0 Å². The summed E-state index contributed by atoms with van der Waals surface area (Å²) in [6, 6.07) is 0. The molecule has 0 aromatic heterocycles. The maximum absolute atomic E-state index is 10.6. The zero-order valence-electron chi connectivity index (χ0n) is 10.9. The van der Waals surface area contributed by atoms with Crippen molar-refractivity contribution >= 4 is 53.4 Å². The molecule has 0 bridgehead atoms. The zero-order valence-corrected chi connectivity index (χ0v) is 11.9. The van der Waals surface area contributed by atoms with E-state index in [4.69, 9.17) is 20.4 Å². The normalized spacial score (nSPS) is 9.73. The minimum Gasteiger partial charge on any atom is 0 e. The summed E-state index contributed by atoms with van der Waals surface area (Å²) in [5.74, 6) is -4.91. The first kappa shape index (κ1) is 26.2. The molecule has 0 unspecified atom stereocenters. The SMILES string of the molecule is O=C(O)CN(CCN(CC(=O)O)CC(=O)O)CC(=O)O.[NaH].[Ni]. The van der Waals surface area contributed by atoms with Crippen LogP contribution >= 0.6 is 0 Å². The van der Waals surface area contributed by atoms with E-state index in [1.54, 1.807) is 0 Å². The Balaban J connectivity index is -0.00000180. The predicted octanol–water partition coefficient (Wildman–Crippen LogP) is -2.72. The van der Waals surface area contributed by atoms with Gasteiger partial charge in [-0.3, -0.25) is 29.0 Å². The summed E-state index contributed by atoms with van der Waals surface area (Å²) < 4.78 is 0. The monoisotopic (exact) mass is 374 g/mol. The average molecular weight is 375 g/mol. The summed E-state index contributed by atoms with van der Waals surface area (Å²) in [6.07, 6.45) is 0. The van der Waals surface area contributed by atoms with Gasteiger partial charge >= 0.3 is 53.4 Å². The summed E-state index contributed by atoms with van der Waals surface area (Å²) >= 11 is 0. The molecule has 0 aliphatic heterocycles. The molecule has 0 heterocycles. The average Bonchev–Trinajstić information content (AvgIpc) is 2.22. The molecule has 0 aliphatic rings. The van der Waals surface area contributed by atoms with Gasteiger partial charge < -0.3 is 20.4 Å². The predicted molar refractivity (Wildman–Crippen MR) is 70.6 cm³/mol. The molecular formula is C10H17N2NaNiO8. The van der Waals surface area contributed by atoms with Crippen LogP contribution in [0.2, 0.25) is 0 Å². The van der Waals surface area contributed by atoms with Crippen LogP contribution in [0.3, 0.4) is 0 Å². The van der Waals surface area contributed by atoms with Crippen LogP contribution in [0.5, 0.6) is 0 Å². The van der Waals surface area contributed by atoms with Crippen molar-refractivity contribution in [3.63, 3.8) is 0 Å². The van der Waals surface area contributed by atoms with Crippen LogP contribution in [0, 0.1) is 0 Å². The van der Waals surface area contributed by atoms with E-state index in [9.17, 15) is 19.2 Å². The van der Waals surface area contributed by atoms with E-state index in [0.717, 1.165) is 9.80 Å². The summed E-state index contributed by atoms with van der Waals surface area (Å²) in [7, 11) is 0. The van der Waals surface area contributed by atoms with Gasteiger partial charge in [0.05, 0.1) is 26.2 Å². The molecule has 0 rings (SSSR count). The Labute approximate surface area is 158 Å². The second kappa shape index (κ2) is 13.9. The van der Waals surface area contributed by atoms with E-state index < -0.39 is 50.1 Å². The molecule has 4 N–H and O–H groups in total. The first-order valence-corrected chi connectivity index (χ1v) is 5.52. The second-order valence-corrected chi connectivity index (χ2v) is 4.00. The molecule has 0 radical (unpaired) electrons. The number of carboxylic acid groups (broad SMARTS) is 4. The van der Waals surface area contributed by atoms with E-state index in [1.807, 2.05) is 0 Å².